The molecule has 0 spiro atoms. The fraction of sp³-hybridized carbons (Fsp3) is 0.333. The third-order valence-corrected chi connectivity index (χ3v) is 5.12. The maximum absolute atomic E-state index is 13.9. The van der Waals surface area contributed by atoms with Gasteiger partial charge in [0.25, 0.3) is 5.82 Å². The lowest BCUT2D eigenvalue weighted by Gasteiger charge is -2.32. The number of aromatic nitrogens is 4. The minimum atomic E-state index is -4.67. The molecule has 1 N–H and O–H groups in total. The molecule has 1 fully saturated rings. The summed E-state index contributed by atoms with van der Waals surface area (Å²) in [6.07, 6.45) is -3.79. The molecule has 0 aliphatic carbocycles. The van der Waals surface area contributed by atoms with Gasteiger partial charge in [-0.05, 0) is 43.2 Å². The molecule has 2 aromatic heterocycles. The van der Waals surface area contributed by atoms with Gasteiger partial charge in [0.15, 0.2) is 5.65 Å². The van der Waals surface area contributed by atoms with Gasteiger partial charge < -0.3 is 10.2 Å². The highest BCUT2D eigenvalue weighted by molar-refractivity contribution is 6.30. The second-order valence-corrected chi connectivity index (χ2v) is 7.29. The molecule has 0 radical (unpaired) electrons. The molecule has 1 amide bonds. The molecule has 12 heteroatoms. The zero-order valence-electron chi connectivity index (χ0n) is 15.3. The number of nitrogens with zero attached hydrogens (tertiary/aromatic N) is 5. The Morgan fingerprint density at radius 2 is 1.87 bits per heavy atom. The van der Waals surface area contributed by atoms with E-state index in [0.717, 1.165) is 6.07 Å². The topological polar surface area (TPSA) is 75.4 Å². The number of fused-ring (bicyclic) bond motifs is 1. The lowest BCUT2D eigenvalue weighted by molar-refractivity contribution is -0.146. The highest BCUT2D eigenvalue weighted by Gasteiger charge is 2.38. The highest BCUT2D eigenvalue weighted by atomic mass is 35.5. The van der Waals surface area contributed by atoms with Crippen LogP contribution >= 0.6 is 11.6 Å². The van der Waals surface area contributed by atoms with Crippen molar-refractivity contribution in [1.82, 2.24) is 19.8 Å². The van der Waals surface area contributed by atoms with E-state index in [1.54, 1.807) is 11.0 Å². The largest absolute Gasteiger partial charge is 0.453 e. The van der Waals surface area contributed by atoms with Crippen molar-refractivity contribution in [2.75, 3.05) is 23.3 Å². The van der Waals surface area contributed by atoms with E-state index >= 15 is 0 Å². The normalized spacial score (nSPS) is 15.6. The molecular formula is C18H15ClF4N6O. The van der Waals surface area contributed by atoms with Gasteiger partial charge in [0.05, 0.1) is 5.69 Å². The molecule has 158 valence electrons. The van der Waals surface area contributed by atoms with Crippen LogP contribution in [0.1, 0.15) is 18.7 Å². The van der Waals surface area contributed by atoms with Gasteiger partial charge in [-0.2, -0.15) is 17.7 Å². The van der Waals surface area contributed by atoms with Gasteiger partial charge >= 0.3 is 6.18 Å². The van der Waals surface area contributed by atoms with Crippen molar-refractivity contribution in [3.8, 4) is 0 Å². The summed E-state index contributed by atoms with van der Waals surface area (Å²) in [6, 6.07) is 6.95. The van der Waals surface area contributed by atoms with Crippen molar-refractivity contribution in [3.63, 3.8) is 0 Å². The Hall–Kier alpha value is -2.95. The molecule has 4 rings (SSSR count). The van der Waals surface area contributed by atoms with Crippen LogP contribution < -0.4 is 10.2 Å². The Morgan fingerprint density at radius 1 is 1.13 bits per heavy atom. The van der Waals surface area contributed by atoms with E-state index in [9.17, 15) is 22.4 Å². The monoisotopic (exact) mass is 442 g/mol. The molecule has 3 heterocycles. The summed E-state index contributed by atoms with van der Waals surface area (Å²) in [5.74, 6) is -2.17. The van der Waals surface area contributed by atoms with Gasteiger partial charge in [0.1, 0.15) is 11.6 Å². The molecule has 0 unspecified atom stereocenters. The Labute approximate surface area is 172 Å². The zero-order valence-corrected chi connectivity index (χ0v) is 16.1. The molecule has 30 heavy (non-hydrogen) atoms. The number of benzene rings is 1. The number of rotatable bonds is 3. The van der Waals surface area contributed by atoms with E-state index in [0.29, 0.717) is 36.3 Å². The highest BCUT2D eigenvalue weighted by Crippen LogP contribution is 2.29. The number of hydrogen-bond acceptors (Lipinski definition) is 5. The first kappa shape index (κ1) is 20.3. The molecule has 7 nitrogen and oxygen atoms in total. The van der Waals surface area contributed by atoms with Crippen LogP contribution in [-0.4, -0.2) is 38.8 Å². The Kier molecular flexibility index (Phi) is 5.22. The molecule has 0 bridgehead atoms. The standard InChI is InChI=1S/C18H15ClF4N6O/c19-11-1-2-13(12(20)9-11)24-16(30)10-5-7-28(8-6-10)15-4-3-14-25-26-17(18(21,22)23)29(14)27-15/h1-4,9-10H,5-8H2,(H,24,30). The Bertz CT molecular complexity index is 1090. The molecule has 0 saturated carbocycles. The van der Waals surface area contributed by atoms with Crippen LogP contribution in [0, 0.1) is 11.7 Å². The van der Waals surface area contributed by atoms with E-state index in [4.69, 9.17) is 11.6 Å². The third kappa shape index (κ3) is 4.02. The Morgan fingerprint density at radius 3 is 2.53 bits per heavy atom. The summed E-state index contributed by atoms with van der Waals surface area (Å²) in [5, 5.41) is 13.4. The predicted molar refractivity (Wildman–Crippen MR) is 101 cm³/mol. The van der Waals surface area contributed by atoms with Crippen LogP contribution in [0.25, 0.3) is 5.65 Å². The Balaban J connectivity index is 1.43. The van der Waals surface area contributed by atoms with E-state index in [1.165, 1.54) is 18.2 Å². The van der Waals surface area contributed by atoms with Crippen molar-refractivity contribution >= 4 is 34.7 Å². The third-order valence-electron chi connectivity index (χ3n) is 4.88. The number of amides is 1. The average Bonchev–Trinajstić information content (AvgIpc) is 3.14. The van der Waals surface area contributed by atoms with E-state index in [-0.39, 0.29) is 28.2 Å². The first-order chi connectivity index (χ1) is 14.2. The number of nitrogens with one attached hydrogen (secondary N) is 1. The van der Waals surface area contributed by atoms with Crippen molar-refractivity contribution in [3.05, 3.63) is 47.0 Å². The van der Waals surface area contributed by atoms with Gasteiger partial charge in [-0.15, -0.1) is 15.3 Å². The van der Waals surface area contributed by atoms with Crippen LogP contribution in [0.5, 0.6) is 0 Å². The number of carbonyl (C=O) groups excluding carboxylic acids is 1. The summed E-state index contributed by atoms with van der Waals surface area (Å²) in [6.45, 7) is 0.812. The second-order valence-electron chi connectivity index (χ2n) is 6.86. The van der Waals surface area contributed by atoms with Gasteiger partial charge in [-0.3, -0.25) is 4.79 Å². The van der Waals surface area contributed by atoms with Crippen LogP contribution in [0.3, 0.4) is 0 Å². The average molecular weight is 443 g/mol. The summed E-state index contributed by atoms with van der Waals surface area (Å²) >= 11 is 5.70. The van der Waals surface area contributed by atoms with E-state index in [2.05, 4.69) is 20.6 Å². The van der Waals surface area contributed by atoms with Gasteiger partial charge in [-0.1, -0.05) is 11.6 Å². The number of halogens is 5. The smallest absolute Gasteiger partial charge is 0.355 e. The minimum absolute atomic E-state index is 0.00895. The van der Waals surface area contributed by atoms with Gasteiger partial charge in [0, 0.05) is 24.0 Å². The number of anilines is 2. The van der Waals surface area contributed by atoms with E-state index in [1.807, 2.05) is 0 Å². The molecule has 1 aliphatic heterocycles. The second kappa shape index (κ2) is 7.71. The first-order valence-electron chi connectivity index (χ1n) is 9.03. The number of carbonyl (C=O) groups is 1. The van der Waals surface area contributed by atoms with E-state index < -0.39 is 17.8 Å². The minimum Gasteiger partial charge on any atom is -0.355 e. The molecule has 0 atom stereocenters. The van der Waals surface area contributed by atoms with Gasteiger partial charge in [-0.25, -0.2) is 4.39 Å². The maximum atomic E-state index is 13.9. The van der Waals surface area contributed by atoms with Crippen molar-refractivity contribution in [1.29, 1.82) is 0 Å². The molecule has 1 saturated heterocycles. The summed E-state index contributed by atoms with van der Waals surface area (Å²) < 4.78 is 53.7. The lowest BCUT2D eigenvalue weighted by atomic mass is 9.96. The summed E-state index contributed by atoms with van der Waals surface area (Å²) in [7, 11) is 0. The molecule has 1 aliphatic rings. The fourth-order valence-electron chi connectivity index (χ4n) is 3.32. The quantitative estimate of drug-likeness (QED) is 0.625. The molecule has 3 aromatic rings. The van der Waals surface area contributed by atoms with Crippen LogP contribution in [0.15, 0.2) is 30.3 Å². The summed E-state index contributed by atoms with van der Waals surface area (Å²) in [4.78, 5) is 14.2. The van der Waals surface area contributed by atoms with Crippen molar-refractivity contribution in [2.45, 2.75) is 19.0 Å². The number of piperidine rings is 1. The van der Waals surface area contributed by atoms with Crippen molar-refractivity contribution in [2.24, 2.45) is 5.92 Å². The van der Waals surface area contributed by atoms with Crippen molar-refractivity contribution < 1.29 is 22.4 Å². The summed E-state index contributed by atoms with van der Waals surface area (Å²) in [5.41, 5.74) is 0.0385. The number of hydrogen-bond donors (Lipinski definition) is 1. The molecular weight excluding hydrogens is 428 g/mol. The van der Waals surface area contributed by atoms with Crippen LogP contribution in [0.4, 0.5) is 29.1 Å². The van der Waals surface area contributed by atoms with Crippen LogP contribution in [-0.2, 0) is 11.0 Å². The molecule has 1 aromatic carbocycles. The fourth-order valence-corrected chi connectivity index (χ4v) is 3.48. The maximum Gasteiger partial charge on any atom is 0.453 e. The number of alkyl halides is 3. The SMILES string of the molecule is O=C(Nc1ccc(Cl)cc1F)C1CCN(c2ccc3nnc(C(F)(F)F)n3n2)CC1. The van der Waals surface area contributed by atoms with Gasteiger partial charge in [0.2, 0.25) is 5.91 Å². The zero-order chi connectivity index (χ0) is 21.5. The van der Waals surface area contributed by atoms with Crippen LogP contribution in [0.2, 0.25) is 5.02 Å². The lowest BCUT2D eigenvalue weighted by Crippen LogP contribution is -2.38. The first-order valence-corrected chi connectivity index (χ1v) is 9.40. The predicted octanol–water partition coefficient (Wildman–Crippen LogP) is 3.79.